The van der Waals surface area contributed by atoms with E-state index in [-0.39, 0.29) is 6.04 Å². The summed E-state index contributed by atoms with van der Waals surface area (Å²) in [6.07, 6.45) is 1.21. The summed E-state index contributed by atoms with van der Waals surface area (Å²) < 4.78 is 35.7. The molecule has 5 heteroatoms. The van der Waals surface area contributed by atoms with Crippen LogP contribution in [0.5, 0.6) is 0 Å². The lowest BCUT2D eigenvalue weighted by atomic mass is 9.91. The molecule has 0 amide bonds. The first kappa shape index (κ1) is 8.91. The van der Waals surface area contributed by atoms with Gasteiger partial charge >= 0.3 is 6.98 Å². The maximum atomic E-state index is 11.9. The van der Waals surface area contributed by atoms with Crippen LogP contribution in [0, 0.1) is 0 Å². The van der Waals surface area contributed by atoms with Crippen LogP contribution in [-0.2, 0) is 0 Å². The zero-order valence-electron chi connectivity index (χ0n) is 6.56. The van der Waals surface area contributed by atoms with Gasteiger partial charge in [0.15, 0.2) is 0 Å². The molecule has 0 aromatic carbocycles. The number of halogens is 3. The molecule has 0 aliphatic heterocycles. The Labute approximate surface area is 64.6 Å². The average Bonchev–Trinajstić information content (AvgIpc) is 2.61. The van der Waals surface area contributed by atoms with E-state index in [0.29, 0.717) is 6.54 Å². The van der Waals surface area contributed by atoms with Crippen molar-refractivity contribution in [1.82, 2.24) is 4.90 Å². The number of rotatable bonds is 4. The highest BCUT2D eigenvalue weighted by molar-refractivity contribution is 6.58. The number of nitrogens with zero attached hydrogens (tertiary/aromatic N) is 1. The number of hydrogen-bond acceptors (Lipinski definition) is 1. The molecule has 0 aromatic rings. The topological polar surface area (TPSA) is 3.24 Å². The van der Waals surface area contributed by atoms with Crippen LogP contribution in [-0.4, -0.2) is 30.9 Å². The van der Waals surface area contributed by atoms with Crippen molar-refractivity contribution in [2.45, 2.75) is 25.8 Å². The summed E-state index contributed by atoms with van der Waals surface area (Å²) >= 11 is 0. The fourth-order valence-electron chi connectivity index (χ4n) is 1.24. The molecule has 1 aliphatic rings. The summed E-state index contributed by atoms with van der Waals surface area (Å²) in [4.78, 5) is 1.51. The van der Waals surface area contributed by atoms with Crippen LogP contribution in [0.4, 0.5) is 12.9 Å². The molecular formula is C6H12BF3N-. The summed E-state index contributed by atoms with van der Waals surface area (Å²) in [5.41, 5.74) is 0. The summed E-state index contributed by atoms with van der Waals surface area (Å²) in [7, 11) is 0. The van der Waals surface area contributed by atoms with Crippen LogP contribution >= 0.6 is 0 Å². The Morgan fingerprint density at radius 1 is 1.36 bits per heavy atom. The van der Waals surface area contributed by atoms with Crippen molar-refractivity contribution in [2.24, 2.45) is 0 Å². The second-order valence-corrected chi connectivity index (χ2v) is 3.03. The Hall–Kier alpha value is -0.185. The molecule has 1 saturated carbocycles. The lowest BCUT2D eigenvalue weighted by Gasteiger charge is -2.26. The maximum Gasteiger partial charge on any atom is 0.492 e. The van der Waals surface area contributed by atoms with Gasteiger partial charge in [-0.25, -0.2) is 0 Å². The lowest BCUT2D eigenvalue weighted by Crippen LogP contribution is -2.39. The average molecular weight is 166 g/mol. The van der Waals surface area contributed by atoms with E-state index in [1.807, 2.05) is 0 Å². The third kappa shape index (κ3) is 3.14. The Balaban J connectivity index is 2.31. The zero-order chi connectivity index (χ0) is 8.48. The molecule has 0 spiro atoms. The van der Waals surface area contributed by atoms with Crippen LogP contribution in [0.15, 0.2) is 0 Å². The van der Waals surface area contributed by atoms with Crippen molar-refractivity contribution in [2.75, 3.05) is 13.0 Å². The van der Waals surface area contributed by atoms with Crippen molar-refractivity contribution >= 4 is 6.98 Å². The van der Waals surface area contributed by atoms with Gasteiger partial charge in [0.25, 0.3) is 0 Å². The van der Waals surface area contributed by atoms with Crippen LogP contribution < -0.4 is 0 Å². The second kappa shape index (κ2) is 3.05. The Bertz CT molecular complexity index is 132. The van der Waals surface area contributed by atoms with E-state index >= 15 is 0 Å². The Kier molecular flexibility index (Phi) is 2.47. The SMILES string of the molecule is CCN(C[B-](F)(F)F)C1CC1. The molecular weight excluding hydrogens is 154 g/mol. The highest BCUT2D eigenvalue weighted by atomic mass is 19.4. The van der Waals surface area contributed by atoms with Crippen molar-refractivity contribution in [3.63, 3.8) is 0 Å². The minimum Gasteiger partial charge on any atom is -0.448 e. The zero-order valence-corrected chi connectivity index (χ0v) is 6.56. The molecule has 66 valence electrons. The smallest absolute Gasteiger partial charge is 0.448 e. The molecule has 0 atom stereocenters. The molecule has 0 aromatic heterocycles. The first-order valence-corrected chi connectivity index (χ1v) is 3.98. The van der Waals surface area contributed by atoms with Crippen molar-refractivity contribution in [1.29, 1.82) is 0 Å². The fraction of sp³-hybridized carbons (Fsp3) is 1.00. The minimum absolute atomic E-state index is 0.225. The first-order chi connectivity index (χ1) is 5.03. The van der Waals surface area contributed by atoms with Crippen LogP contribution in [0.1, 0.15) is 19.8 Å². The summed E-state index contributed by atoms with van der Waals surface area (Å²) in [5.74, 6) is 0. The van der Waals surface area contributed by atoms with Gasteiger partial charge in [-0.05, 0) is 25.8 Å². The first-order valence-electron chi connectivity index (χ1n) is 3.98. The van der Waals surface area contributed by atoms with E-state index in [1.165, 1.54) is 4.90 Å². The molecule has 0 bridgehead atoms. The van der Waals surface area contributed by atoms with E-state index < -0.39 is 13.4 Å². The van der Waals surface area contributed by atoms with Crippen molar-refractivity contribution < 1.29 is 12.9 Å². The highest BCUT2D eigenvalue weighted by Crippen LogP contribution is 2.28. The van der Waals surface area contributed by atoms with Gasteiger partial charge in [-0.2, -0.15) is 0 Å². The molecule has 0 unspecified atom stereocenters. The third-order valence-corrected chi connectivity index (χ3v) is 1.91. The van der Waals surface area contributed by atoms with E-state index in [0.717, 1.165) is 12.8 Å². The van der Waals surface area contributed by atoms with Crippen molar-refractivity contribution in [3.05, 3.63) is 0 Å². The minimum atomic E-state index is -4.62. The Morgan fingerprint density at radius 3 is 2.18 bits per heavy atom. The molecule has 1 nitrogen and oxygen atoms in total. The van der Waals surface area contributed by atoms with Gasteiger partial charge in [0.05, 0.1) is 0 Å². The van der Waals surface area contributed by atoms with Gasteiger partial charge in [0.1, 0.15) is 0 Å². The van der Waals surface area contributed by atoms with Gasteiger partial charge in [0, 0.05) is 6.04 Å². The molecule has 1 rings (SSSR count). The van der Waals surface area contributed by atoms with Gasteiger partial charge in [-0.15, -0.1) is 0 Å². The van der Waals surface area contributed by atoms with Gasteiger partial charge in [0.2, 0.25) is 0 Å². The molecule has 0 heterocycles. The monoisotopic (exact) mass is 166 g/mol. The highest BCUT2D eigenvalue weighted by Gasteiger charge is 2.33. The van der Waals surface area contributed by atoms with Gasteiger partial charge < -0.3 is 17.8 Å². The van der Waals surface area contributed by atoms with E-state index in [4.69, 9.17) is 0 Å². The fourth-order valence-corrected chi connectivity index (χ4v) is 1.24. The summed E-state index contributed by atoms with van der Waals surface area (Å²) in [6.45, 7) is -2.32. The predicted molar refractivity (Wildman–Crippen MR) is 39.3 cm³/mol. The van der Waals surface area contributed by atoms with E-state index in [2.05, 4.69) is 0 Å². The summed E-state index contributed by atoms with van der Waals surface area (Å²) in [6, 6.07) is 0.225. The van der Waals surface area contributed by atoms with E-state index in [1.54, 1.807) is 6.92 Å². The van der Waals surface area contributed by atoms with Gasteiger partial charge in [-0.1, -0.05) is 6.92 Å². The second-order valence-electron chi connectivity index (χ2n) is 3.03. The molecule has 1 aliphatic carbocycles. The third-order valence-electron chi connectivity index (χ3n) is 1.91. The molecule has 0 radical (unpaired) electrons. The molecule has 11 heavy (non-hydrogen) atoms. The van der Waals surface area contributed by atoms with Gasteiger partial charge in [-0.3, -0.25) is 0 Å². The standard InChI is InChI=1S/C6H12BF3N/c1-2-11(6-3-4-6)5-7(8,9)10/h6H,2-5H2,1H3/q-1. The molecule has 0 saturated heterocycles. The number of hydrogen-bond donors (Lipinski definition) is 0. The normalized spacial score (nSPS) is 19.4. The summed E-state index contributed by atoms with van der Waals surface area (Å²) in [5, 5.41) is 0. The Morgan fingerprint density at radius 2 is 1.91 bits per heavy atom. The van der Waals surface area contributed by atoms with Crippen LogP contribution in [0.25, 0.3) is 0 Å². The van der Waals surface area contributed by atoms with E-state index in [9.17, 15) is 12.9 Å². The molecule has 0 N–H and O–H groups in total. The van der Waals surface area contributed by atoms with Crippen LogP contribution in [0.3, 0.4) is 0 Å². The molecule has 1 fully saturated rings. The quantitative estimate of drug-likeness (QED) is 0.576. The largest absolute Gasteiger partial charge is 0.492 e. The maximum absolute atomic E-state index is 11.9. The van der Waals surface area contributed by atoms with Crippen molar-refractivity contribution in [3.8, 4) is 0 Å². The predicted octanol–water partition coefficient (Wildman–Crippen LogP) is 1.86. The van der Waals surface area contributed by atoms with Crippen LogP contribution in [0.2, 0.25) is 0 Å². The lowest BCUT2D eigenvalue weighted by molar-refractivity contribution is 0.282.